The molecule has 2 aliphatic rings. The third kappa shape index (κ3) is 5.65. The summed E-state index contributed by atoms with van der Waals surface area (Å²) in [6.07, 6.45) is 0. The van der Waals surface area contributed by atoms with Crippen LogP contribution in [0.3, 0.4) is 0 Å². The molecule has 2 heterocycles. The van der Waals surface area contributed by atoms with E-state index in [-0.39, 0.29) is 11.8 Å². The van der Waals surface area contributed by atoms with Crippen LogP contribution in [0.25, 0.3) is 0 Å². The maximum Gasteiger partial charge on any atom is 0.269 e. The minimum absolute atomic E-state index is 0.0631. The Morgan fingerprint density at radius 3 is 2.53 bits per heavy atom. The van der Waals surface area contributed by atoms with Crippen molar-refractivity contribution < 1.29 is 9.59 Å². The first-order chi connectivity index (χ1) is 18.4. The monoisotopic (exact) mass is 543 g/mol. The Morgan fingerprint density at radius 2 is 1.76 bits per heavy atom. The number of amidine groups is 1. The molecule has 0 bridgehead atoms. The van der Waals surface area contributed by atoms with Crippen molar-refractivity contribution in [3.05, 3.63) is 94.4 Å². The molecule has 0 spiro atoms. The molecule has 0 unspecified atom stereocenters. The number of benzene rings is 3. The standard InChI is InChI=1S/C29H29N5O2S2/c1-4-32(2)19-25(35)30-21-13-10-14-22(17-21)31-29-34(18-20-11-6-5-7-12-20)27(36)26(38-29)28-33(3)23-15-8-9-16-24(23)37-28/h5-17H,4,18-19H2,1-3H3,(H,30,35)/b28-26-,31-29?. The zero-order valence-corrected chi connectivity index (χ0v) is 23.2. The largest absolute Gasteiger partial charge is 0.337 e. The molecule has 1 saturated heterocycles. The molecule has 0 atom stereocenters. The van der Waals surface area contributed by atoms with Crippen LogP contribution in [-0.2, 0) is 16.1 Å². The highest BCUT2D eigenvalue weighted by molar-refractivity contribution is 8.19. The van der Waals surface area contributed by atoms with Gasteiger partial charge < -0.3 is 10.2 Å². The van der Waals surface area contributed by atoms with Crippen LogP contribution >= 0.6 is 23.5 Å². The second-order valence-electron chi connectivity index (χ2n) is 9.07. The average molecular weight is 544 g/mol. The third-order valence-corrected chi connectivity index (χ3v) is 8.72. The predicted octanol–water partition coefficient (Wildman–Crippen LogP) is 5.75. The Bertz CT molecular complexity index is 1420. The van der Waals surface area contributed by atoms with E-state index in [0.29, 0.717) is 34.5 Å². The van der Waals surface area contributed by atoms with Crippen LogP contribution in [0, 0.1) is 0 Å². The Morgan fingerprint density at radius 1 is 1.00 bits per heavy atom. The van der Waals surface area contributed by atoms with E-state index >= 15 is 0 Å². The highest BCUT2D eigenvalue weighted by Gasteiger charge is 2.39. The maximum absolute atomic E-state index is 13.8. The Labute approximate surface area is 231 Å². The van der Waals surface area contributed by atoms with E-state index in [1.165, 1.54) is 11.8 Å². The van der Waals surface area contributed by atoms with E-state index in [2.05, 4.69) is 22.3 Å². The number of carbonyl (C=O) groups is 2. The summed E-state index contributed by atoms with van der Waals surface area (Å²) in [5.41, 5.74) is 3.45. The Balaban J connectivity index is 1.46. The number of aliphatic imine (C=N–C) groups is 1. The van der Waals surface area contributed by atoms with Gasteiger partial charge in [-0.05, 0) is 61.2 Å². The van der Waals surface area contributed by atoms with E-state index in [4.69, 9.17) is 4.99 Å². The summed E-state index contributed by atoms with van der Waals surface area (Å²) in [5, 5.41) is 4.46. The van der Waals surface area contributed by atoms with Crippen LogP contribution in [0.5, 0.6) is 0 Å². The molecule has 3 aromatic rings. The van der Waals surface area contributed by atoms with Crippen molar-refractivity contribution in [3.8, 4) is 0 Å². The number of anilines is 2. The summed E-state index contributed by atoms with van der Waals surface area (Å²) in [7, 11) is 3.90. The van der Waals surface area contributed by atoms with E-state index in [9.17, 15) is 9.59 Å². The van der Waals surface area contributed by atoms with Crippen LogP contribution < -0.4 is 10.2 Å². The highest BCUT2D eigenvalue weighted by Crippen LogP contribution is 2.50. The lowest BCUT2D eigenvalue weighted by atomic mass is 10.2. The van der Waals surface area contributed by atoms with Crippen molar-refractivity contribution >= 4 is 57.6 Å². The minimum atomic E-state index is -0.0804. The molecule has 5 rings (SSSR count). The van der Waals surface area contributed by atoms with E-state index in [1.54, 1.807) is 16.7 Å². The lowest BCUT2D eigenvalue weighted by Crippen LogP contribution is -2.29. The van der Waals surface area contributed by atoms with Gasteiger partial charge in [0.15, 0.2) is 5.17 Å². The number of nitrogens with zero attached hydrogens (tertiary/aromatic N) is 4. The van der Waals surface area contributed by atoms with Gasteiger partial charge >= 0.3 is 0 Å². The van der Waals surface area contributed by atoms with Gasteiger partial charge in [0.25, 0.3) is 5.91 Å². The molecule has 2 amide bonds. The third-order valence-electron chi connectivity index (χ3n) is 6.29. The van der Waals surface area contributed by atoms with Crippen LogP contribution in [0.15, 0.2) is 98.7 Å². The fraction of sp³-hybridized carbons (Fsp3) is 0.207. The minimum Gasteiger partial charge on any atom is -0.337 e. The van der Waals surface area contributed by atoms with Gasteiger partial charge in [-0.1, -0.05) is 67.2 Å². The fourth-order valence-corrected chi connectivity index (χ4v) is 6.49. The number of fused-ring (bicyclic) bond motifs is 1. The number of hydrogen-bond donors (Lipinski definition) is 1. The second kappa shape index (κ2) is 11.5. The molecule has 194 valence electrons. The topological polar surface area (TPSA) is 68.2 Å². The number of amides is 2. The number of likely N-dealkylation sites (N-methyl/N-ethyl adjacent to an activating group) is 1. The van der Waals surface area contributed by atoms with Gasteiger partial charge in [0, 0.05) is 17.6 Å². The highest BCUT2D eigenvalue weighted by atomic mass is 32.2. The van der Waals surface area contributed by atoms with Crippen molar-refractivity contribution in [2.45, 2.75) is 18.4 Å². The Hall–Kier alpha value is -3.53. The van der Waals surface area contributed by atoms with Crippen LogP contribution in [0.4, 0.5) is 17.1 Å². The smallest absolute Gasteiger partial charge is 0.269 e. The van der Waals surface area contributed by atoms with Gasteiger partial charge in [0.1, 0.15) is 4.91 Å². The Kier molecular flexibility index (Phi) is 7.87. The molecule has 9 heteroatoms. The van der Waals surface area contributed by atoms with Crippen LogP contribution in [0.1, 0.15) is 12.5 Å². The van der Waals surface area contributed by atoms with Gasteiger partial charge in [-0.3, -0.25) is 19.4 Å². The lowest BCUT2D eigenvalue weighted by molar-refractivity contribution is -0.122. The summed E-state index contributed by atoms with van der Waals surface area (Å²) >= 11 is 3.00. The molecule has 0 saturated carbocycles. The first-order valence-corrected chi connectivity index (χ1v) is 14.0. The quantitative estimate of drug-likeness (QED) is 0.383. The predicted molar refractivity (Wildman–Crippen MR) is 158 cm³/mol. The van der Waals surface area contributed by atoms with Gasteiger partial charge in [-0.2, -0.15) is 0 Å². The first-order valence-electron chi connectivity index (χ1n) is 12.4. The van der Waals surface area contributed by atoms with Crippen molar-refractivity contribution in [1.82, 2.24) is 9.80 Å². The molecule has 7 nitrogen and oxygen atoms in total. The lowest BCUT2D eigenvalue weighted by Gasteiger charge is -2.17. The van der Waals surface area contributed by atoms with Crippen LogP contribution in [0.2, 0.25) is 0 Å². The van der Waals surface area contributed by atoms with Gasteiger partial charge in [-0.25, -0.2) is 4.99 Å². The summed E-state index contributed by atoms with van der Waals surface area (Å²) in [4.78, 5) is 38.6. The van der Waals surface area contributed by atoms with Crippen molar-refractivity contribution in [2.75, 3.05) is 37.4 Å². The van der Waals surface area contributed by atoms with Crippen molar-refractivity contribution in [3.63, 3.8) is 0 Å². The second-order valence-corrected chi connectivity index (χ2v) is 11.1. The molecule has 2 aliphatic heterocycles. The number of thioether (sulfide) groups is 2. The van der Waals surface area contributed by atoms with Crippen molar-refractivity contribution in [2.24, 2.45) is 4.99 Å². The molecule has 38 heavy (non-hydrogen) atoms. The molecule has 1 N–H and O–H groups in total. The average Bonchev–Trinajstić information content (AvgIpc) is 3.41. The summed E-state index contributed by atoms with van der Waals surface area (Å²) in [6, 6.07) is 25.5. The van der Waals surface area contributed by atoms with E-state index < -0.39 is 0 Å². The fourth-order valence-electron chi connectivity index (χ4n) is 4.15. The molecule has 0 aromatic heterocycles. The SMILES string of the molecule is CCN(C)CC(=O)Nc1cccc(N=C2S/C(=C3\Sc4ccccc4N3C)C(=O)N2Cc2ccccc2)c1. The van der Waals surface area contributed by atoms with E-state index in [1.807, 2.05) is 92.6 Å². The van der Waals surface area contributed by atoms with E-state index in [0.717, 1.165) is 27.7 Å². The number of rotatable bonds is 7. The maximum atomic E-state index is 13.8. The summed E-state index contributed by atoms with van der Waals surface area (Å²) < 4.78 is 0. The molecule has 3 aromatic carbocycles. The number of carbonyl (C=O) groups excluding carboxylic acids is 2. The molecule has 0 aliphatic carbocycles. The normalized spacial score (nSPS) is 18.0. The van der Waals surface area contributed by atoms with Crippen LogP contribution in [-0.4, -0.2) is 54.0 Å². The zero-order chi connectivity index (χ0) is 26.6. The number of hydrogen-bond acceptors (Lipinski definition) is 7. The van der Waals surface area contributed by atoms with Gasteiger partial charge in [0.2, 0.25) is 5.91 Å². The molecule has 0 radical (unpaired) electrons. The molecular weight excluding hydrogens is 514 g/mol. The number of para-hydroxylation sites is 1. The van der Waals surface area contributed by atoms with Crippen molar-refractivity contribution in [1.29, 1.82) is 0 Å². The molecular formula is C29H29N5O2S2. The summed E-state index contributed by atoms with van der Waals surface area (Å²) in [6.45, 7) is 3.54. The zero-order valence-electron chi connectivity index (χ0n) is 21.5. The number of nitrogens with one attached hydrogen (secondary N) is 1. The molecule has 1 fully saturated rings. The first kappa shape index (κ1) is 26.1. The summed E-state index contributed by atoms with van der Waals surface area (Å²) in [5.74, 6) is -0.144. The van der Waals surface area contributed by atoms with Gasteiger partial charge in [-0.15, -0.1) is 0 Å². The van der Waals surface area contributed by atoms with Gasteiger partial charge in [0.05, 0.1) is 29.5 Å².